The fourth-order valence-corrected chi connectivity index (χ4v) is 2.27. The van der Waals surface area contributed by atoms with Gasteiger partial charge in [0.25, 0.3) is 0 Å². The lowest BCUT2D eigenvalue weighted by molar-refractivity contribution is 0.345. The quantitative estimate of drug-likeness (QED) is 0.892. The summed E-state index contributed by atoms with van der Waals surface area (Å²) in [7, 11) is 0. The zero-order chi connectivity index (χ0) is 13.1. The van der Waals surface area contributed by atoms with Crippen molar-refractivity contribution in [1.82, 2.24) is 4.98 Å². The summed E-state index contributed by atoms with van der Waals surface area (Å²) in [5.74, 6) is 1.14. The van der Waals surface area contributed by atoms with Crippen LogP contribution in [0.25, 0.3) is 10.9 Å². The van der Waals surface area contributed by atoms with Crippen LogP contribution in [0.3, 0.4) is 0 Å². The zero-order valence-electron chi connectivity index (χ0n) is 11.4. The van der Waals surface area contributed by atoms with Crippen LogP contribution >= 0.6 is 0 Å². The van der Waals surface area contributed by atoms with Gasteiger partial charge in [0.15, 0.2) is 0 Å². The molecule has 18 heavy (non-hydrogen) atoms. The Balaban J connectivity index is 2.27. The number of nitrogens with zero attached hydrogens (tertiary/aromatic N) is 1. The molecule has 0 bridgehead atoms. The maximum Gasteiger partial charge on any atom is 0.0704 e. The third kappa shape index (κ3) is 2.70. The van der Waals surface area contributed by atoms with Crippen molar-refractivity contribution in [3.8, 4) is 0 Å². The summed E-state index contributed by atoms with van der Waals surface area (Å²) in [6.07, 6.45) is 2.80. The van der Waals surface area contributed by atoms with Crippen molar-refractivity contribution in [2.75, 3.05) is 0 Å². The van der Waals surface area contributed by atoms with Crippen LogP contribution in [0.2, 0.25) is 0 Å². The average molecular weight is 242 g/mol. The summed E-state index contributed by atoms with van der Waals surface area (Å²) in [5.41, 5.74) is 8.68. The van der Waals surface area contributed by atoms with Crippen molar-refractivity contribution in [3.05, 3.63) is 42.1 Å². The number of rotatable bonds is 4. The van der Waals surface area contributed by atoms with Gasteiger partial charge in [-0.15, -0.1) is 0 Å². The van der Waals surface area contributed by atoms with E-state index in [4.69, 9.17) is 5.73 Å². The lowest BCUT2D eigenvalue weighted by Crippen LogP contribution is -2.33. The third-order valence-electron chi connectivity index (χ3n) is 3.92. The van der Waals surface area contributed by atoms with E-state index in [1.165, 1.54) is 10.9 Å². The SMILES string of the molecule is CC(C)C(C)C(N)Cc1ccnc2ccccc12. The highest BCUT2D eigenvalue weighted by atomic mass is 14.7. The fraction of sp³-hybridized carbons (Fsp3) is 0.438. The molecule has 0 aliphatic rings. The second-order valence-corrected chi connectivity index (χ2v) is 5.46. The standard InChI is InChI=1S/C16H22N2/c1-11(2)12(3)15(17)10-13-8-9-18-16-7-5-4-6-14(13)16/h4-9,11-12,15H,10,17H2,1-3H3. The minimum Gasteiger partial charge on any atom is -0.327 e. The number of para-hydroxylation sites is 1. The lowest BCUT2D eigenvalue weighted by atomic mass is 9.87. The monoisotopic (exact) mass is 242 g/mol. The van der Waals surface area contributed by atoms with Crippen LogP contribution in [0, 0.1) is 11.8 Å². The molecule has 0 aliphatic carbocycles. The van der Waals surface area contributed by atoms with Crippen molar-refractivity contribution < 1.29 is 0 Å². The Bertz CT molecular complexity index is 514. The Labute approximate surface area is 109 Å². The van der Waals surface area contributed by atoms with Gasteiger partial charge in [-0.25, -0.2) is 0 Å². The Kier molecular flexibility index (Phi) is 3.97. The van der Waals surface area contributed by atoms with Crippen LogP contribution in [-0.2, 0) is 6.42 Å². The van der Waals surface area contributed by atoms with Crippen molar-refractivity contribution in [2.24, 2.45) is 17.6 Å². The van der Waals surface area contributed by atoms with Gasteiger partial charge in [0.05, 0.1) is 5.52 Å². The Hall–Kier alpha value is -1.41. The highest BCUT2D eigenvalue weighted by molar-refractivity contribution is 5.81. The van der Waals surface area contributed by atoms with E-state index in [0.717, 1.165) is 11.9 Å². The normalized spacial score (nSPS) is 14.9. The Morgan fingerprint density at radius 2 is 1.83 bits per heavy atom. The van der Waals surface area contributed by atoms with Crippen molar-refractivity contribution in [1.29, 1.82) is 0 Å². The van der Waals surface area contributed by atoms with E-state index in [1.54, 1.807) is 0 Å². The smallest absolute Gasteiger partial charge is 0.0704 e. The molecule has 1 heterocycles. The molecule has 96 valence electrons. The minimum absolute atomic E-state index is 0.204. The number of benzene rings is 1. The van der Waals surface area contributed by atoms with E-state index >= 15 is 0 Å². The molecule has 2 unspecified atom stereocenters. The van der Waals surface area contributed by atoms with E-state index in [9.17, 15) is 0 Å². The molecule has 2 rings (SSSR count). The van der Waals surface area contributed by atoms with E-state index in [2.05, 4.69) is 50.0 Å². The second-order valence-electron chi connectivity index (χ2n) is 5.46. The number of pyridine rings is 1. The van der Waals surface area contributed by atoms with E-state index in [0.29, 0.717) is 11.8 Å². The van der Waals surface area contributed by atoms with Crippen LogP contribution in [0.1, 0.15) is 26.3 Å². The molecule has 2 nitrogen and oxygen atoms in total. The van der Waals surface area contributed by atoms with Crippen molar-refractivity contribution in [3.63, 3.8) is 0 Å². The summed E-state index contributed by atoms with van der Waals surface area (Å²) < 4.78 is 0. The number of aromatic nitrogens is 1. The highest BCUT2D eigenvalue weighted by Gasteiger charge is 2.17. The average Bonchev–Trinajstić information content (AvgIpc) is 2.38. The van der Waals surface area contributed by atoms with Crippen LogP contribution in [0.4, 0.5) is 0 Å². The summed E-state index contributed by atoms with van der Waals surface area (Å²) in [4.78, 5) is 4.39. The molecule has 0 aliphatic heterocycles. The van der Waals surface area contributed by atoms with Gasteiger partial charge in [0.1, 0.15) is 0 Å². The van der Waals surface area contributed by atoms with E-state index < -0.39 is 0 Å². The molecule has 0 radical (unpaired) electrons. The van der Waals surface area contributed by atoms with Gasteiger partial charge in [-0.1, -0.05) is 39.0 Å². The molecule has 0 spiro atoms. The minimum atomic E-state index is 0.204. The van der Waals surface area contributed by atoms with Gasteiger partial charge in [0, 0.05) is 17.6 Å². The molecular weight excluding hydrogens is 220 g/mol. The maximum absolute atomic E-state index is 6.32. The van der Waals surface area contributed by atoms with E-state index in [-0.39, 0.29) is 6.04 Å². The van der Waals surface area contributed by atoms with Gasteiger partial charge in [0.2, 0.25) is 0 Å². The topological polar surface area (TPSA) is 38.9 Å². The molecule has 2 heteroatoms. The largest absolute Gasteiger partial charge is 0.327 e. The Morgan fingerprint density at radius 3 is 2.56 bits per heavy atom. The summed E-state index contributed by atoms with van der Waals surface area (Å²) in [6, 6.07) is 10.6. The van der Waals surface area contributed by atoms with E-state index in [1.807, 2.05) is 12.3 Å². The zero-order valence-corrected chi connectivity index (χ0v) is 11.4. The fourth-order valence-electron chi connectivity index (χ4n) is 2.27. The molecule has 2 aromatic rings. The predicted molar refractivity (Wildman–Crippen MR) is 77.4 cm³/mol. The summed E-state index contributed by atoms with van der Waals surface area (Å²) in [6.45, 7) is 6.70. The molecule has 0 saturated heterocycles. The molecule has 2 N–H and O–H groups in total. The molecule has 0 amide bonds. The lowest BCUT2D eigenvalue weighted by Gasteiger charge is -2.23. The van der Waals surface area contributed by atoms with Crippen molar-refractivity contribution >= 4 is 10.9 Å². The van der Waals surface area contributed by atoms with Crippen LogP contribution in [0.15, 0.2) is 36.5 Å². The predicted octanol–water partition coefficient (Wildman–Crippen LogP) is 3.40. The van der Waals surface area contributed by atoms with Gasteiger partial charge < -0.3 is 5.73 Å². The van der Waals surface area contributed by atoms with Gasteiger partial charge >= 0.3 is 0 Å². The Morgan fingerprint density at radius 1 is 1.11 bits per heavy atom. The molecule has 1 aromatic heterocycles. The number of nitrogens with two attached hydrogens (primary N) is 1. The van der Waals surface area contributed by atoms with Crippen LogP contribution < -0.4 is 5.73 Å². The van der Waals surface area contributed by atoms with Gasteiger partial charge in [-0.2, -0.15) is 0 Å². The summed E-state index contributed by atoms with van der Waals surface area (Å²) >= 11 is 0. The first-order chi connectivity index (χ1) is 8.59. The molecule has 2 atom stereocenters. The number of fused-ring (bicyclic) bond motifs is 1. The molecule has 0 saturated carbocycles. The van der Waals surface area contributed by atoms with Gasteiger partial charge in [-0.3, -0.25) is 4.98 Å². The van der Waals surface area contributed by atoms with Crippen LogP contribution in [-0.4, -0.2) is 11.0 Å². The molecular formula is C16H22N2. The maximum atomic E-state index is 6.32. The second kappa shape index (κ2) is 5.49. The van der Waals surface area contributed by atoms with Crippen molar-refractivity contribution in [2.45, 2.75) is 33.2 Å². The number of hydrogen-bond donors (Lipinski definition) is 1. The highest BCUT2D eigenvalue weighted by Crippen LogP contribution is 2.21. The van der Waals surface area contributed by atoms with Gasteiger partial charge in [-0.05, 0) is 36.0 Å². The summed E-state index contributed by atoms with van der Waals surface area (Å²) in [5, 5.41) is 1.23. The first-order valence-corrected chi connectivity index (χ1v) is 6.68. The molecule has 0 fully saturated rings. The molecule has 1 aromatic carbocycles. The third-order valence-corrected chi connectivity index (χ3v) is 3.92. The number of hydrogen-bond acceptors (Lipinski definition) is 2. The van der Waals surface area contributed by atoms with Crippen LogP contribution in [0.5, 0.6) is 0 Å². The first-order valence-electron chi connectivity index (χ1n) is 6.68. The first kappa shape index (κ1) is 13.0.